The number of hydrogen-bond acceptors (Lipinski definition) is 4. The minimum absolute atomic E-state index is 0.00907. The number of amides is 1. The van der Waals surface area contributed by atoms with Gasteiger partial charge in [-0.1, -0.05) is 36.4 Å². The van der Waals surface area contributed by atoms with Gasteiger partial charge in [-0.3, -0.25) is 4.79 Å². The Hall–Kier alpha value is -2.59. The van der Waals surface area contributed by atoms with Gasteiger partial charge in [0, 0.05) is 23.7 Å². The van der Waals surface area contributed by atoms with Crippen LogP contribution in [-0.4, -0.2) is 50.2 Å². The van der Waals surface area contributed by atoms with Crippen LogP contribution in [0.4, 0.5) is 13.2 Å². The fourth-order valence-electron chi connectivity index (χ4n) is 4.40. The maximum atomic E-state index is 15.6. The van der Waals surface area contributed by atoms with Gasteiger partial charge in [-0.25, -0.2) is 17.5 Å². The first-order valence-electron chi connectivity index (χ1n) is 10.4. The predicted octanol–water partition coefficient (Wildman–Crippen LogP) is 3.32. The van der Waals surface area contributed by atoms with Gasteiger partial charge < -0.3 is 9.64 Å². The van der Waals surface area contributed by atoms with Crippen LogP contribution in [0.15, 0.2) is 42.5 Å². The smallest absolute Gasteiger partial charge is 0.350 e. The zero-order valence-electron chi connectivity index (χ0n) is 17.1. The fourth-order valence-corrected chi connectivity index (χ4v) is 5.20. The number of para-hydroxylation sites is 1. The number of benzene rings is 2. The van der Waals surface area contributed by atoms with E-state index in [4.69, 9.17) is 4.74 Å². The van der Waals surface area contributed by atoms with E-state index in [1.807, 2.05) is 4.72 Å². The molecule has 0 spiro atoms. The Morgan fingerprint density at radius 1 is 1.09 bits per heavy atom. The van der Waals surface area contributed by atoms with E-state index < -0.39 is 33.7 Å². The molecule has 4 rings (SSSR count). The molecule has 0 aromatic heterocycles. The first-order valence-corrected chi connectivity index (χ1v) is 11.9. The van der Waals surface area contributed by atoms with Gasteiger partial charge in [0.15, 0.2) is 0 Å². The molecule has 2 bridgehead atoms. The SMILES string of the molecule is O=C1CCOc2ccccc2-c2cccc(c2F)C[C@H]2[C@@H](NS(=O)(=O)C(F)F)CCCN12. The van der Waals surface area contributed by atoms with E-state index in [0.29, 0.717) is 29.8 Å². The molecule has 2 atom stereocenters. The first-order chi connectivity index (χ1) is 15.3. The van der Waals surface area contributed by atoms with Crippen molar-refractivity contribution in [2.45, 2.75) is 43.5 Å². The maximum absolute atomic E-state index is 15.6. The van der Waals surface area contributed by atoms with Crippen molar-refractivity contribution in [1.82, 2.24) is 9.62 Å². The van der Waals surface area contributed by atoms with Gasteiger partial charge in [0.05, 0.1) is 19.1 Å². The van der Waals surface area contributed by atoms with Crippen LogP contribution in [0.3, 0.4) is 0 Å². The average Bonchev–Trinajstić information content (AvgIpc) is 2.76. The van der Waals surface area contributed by atoms with Gasteiger partial charge in [-0.2, -0.15) is 8.78 Å². The van der Waals surface area contributed by atoms with Crippen LogP contribution in [-0.2, 0) is 21.2 Å². The number of nitrogens with zero attached hydrogens (tertiary/aromatic N) is 1. The second-order valence-corrected chi connectivity index (χ2v) is 9.59. The lowest BCUT2D eigenvalue weighted by molar-refractivity contribution is -0.136. The number of halogens is 3. The number of piperidine rings is 1. The molecule has 6 nitrogen and oxygen atoms in total. The zero-order chi connectivity index (χ0) is 22.9. The molecule has 2 heterocycles. The molecule has 2 aromatic carbocycles. The Bertz CT molecular complexity index is 1110. The van der Waals surface area contributed by atoms with Crippen molar-refractivity contribution in [3.8, 4) is 16.9 Å². The van der Waals surface area contributed by atoms with E-state index in [9.17, 15) is 22.0 Å². The Balaban J connectivity index is 1.78. The molecule has 2 aliphatic rings. The lowest BCUT2D eigenvalue weighted by atomic mass is 9.89. The van der Waals surface area contributed by atoms with Crippen LogP contribution >= 0.6 is 0 Å². The minimum Gasteiger partial charge on any atom is -0.492 e. The quantitative estimate of drug-likeness (QED) is 0.750. The van der Waals surface area contributed by atoms with Crippen molar-refractivity contribution in [1.29, 1.82) is 0 Å². The molecule has 1 amide bonds. The Morgan fingerprint density at radius 2 is 1.84 bits per heavy atom. The van der Waals surface area contributed by atoms with Gasteiger partial charge in [-0.15, -0.1) is 0 Å². The summed E-state index contributed by atoms with van der Waals surface area (Å²) in [4.78, 5) is 14.4. The Kier molecular flexibility index (Phi) is 6.43. The molecule has 1 fully saturated rings. The van der Waals surface area contributed by atoms with Crippen molar-refractivity contribution in [3.63, 3.8) is 0 Å². The number of hydrogen-bond donors (Lipinski definition) is 1. The van der Waals surface area contributed by atoms with E-state index in [2.05, 4.69) is 0 Å². The van der Waals surface area contributed by atoms with E-state index in [0.717, 1.165) is 0 Å². The van der Waals surface area contributed by atoms with Crippen LogP contribution in [0.5, 0.6) is 5.75 Å². The van der Waals surface area contributed by atoms with E-state index >= 15 is 4.39 Å². The van der Waals surface area contributed by atoms with Gasteiger partial charge in [0.25, 0.3) is 10.0 Å². The number of carbonyl (C=O) groups is 1. The molecule has 10 heteroatoms. The number of fused-ring (bicyclic) bond motifs is 5. The van der Waals surface area contributed by atoms with Gasteiger partial charge in [0.1, 0.15) is 11.6 Å². The summed E-state index contributed by atoms with van der Waals surface area (Å²) in [5, 5.41) is 0. The Labute approximate surface area is 184 Å². The maximum Gasteiger partial charge on any atom is 0.350 e. The number of alkyl halides is 2. The molecule has 1 saturated heterocycles. The Morgan fingerprint density at radius 3 is 2.62 bits per heavy atom. The van der Waals surface area contributed by atoms with E-state index in [-0.39, 0.29) is 37.3 Å². The molecule has 2 aromatic rings. The number of ether oxygens (including phenoxy) is 1. The molecule has 2 aliphatic heterocycles. The average molecular weight is 468 g/mol. The fraction of sp³-hybridized carbons (Fsp3) is 0.409. The third kappa shape index (κ3) is 4.47. The second-order valence-electron chi connectivity index (χ2n) is 7.90. The third-order valence-electron chi connectivity index (χ3n) is 5.91. The number of sulfonamides is 1. The summed E-state index contributed by atoms with van der Waals surface area (Å²) in [6, 6.07) is 10.0. The van der Waals surface area contributed by atoms with Gasteiger partial charge in [0.2, 0.25) is 5.91 Å². The van der Waals surface area contributed by atoms with Crippen LogP contribution in [0.25, 0.3) is 11.1 Å². The highest BCUT2D eigenvalue weighted by molar-refractivity contribution is 7.89. The molecule has 172 valence electrons. The minimum atomic E-state index is -4.88. The highest BCUT2D eigenvalue weighted by Gasteiger charge is 2.39. The van der Waals surface area contributed by atoms with E-state index in [1.165, 1.54) is 4.90 Å². The zero-order valence-corrected chi connectivity index (χ0v) is 18.0. The van der Waals surface area contributed by atoms with Crippen molar-refractivity contribution >= 4 is 15.9 Å². The van der Waals surface area contributed by atoms with Crippen LogP contribution in [0, 0.1) is 5.82 Å². The summed E-state index contributed by atoms with van der Waals surface area (Å²) >= 11 is 0. The third-order valence-corrected chi connectivity index (χ3v) is 7.01. The second kappa shape index (κ2) is 9.11. The monoisotopic (exact) mass is 468 g/mol. The first kappa shape index (κ1) is 22.6. The van der Waals surface area contributed by atoms with Crippen LogP contribution in [0.1, 0.15) is 24.8 Å². The summed E-state index contributed by atoms with van der Waals surface area (Å²) in [5.74, 6) is -3.96. The molecule has 1 N–H and O–H groups in total. The van der Waals surface area contributed by atoms with Crippen molar-refractivity contribution in [2.24, 2.45) is 0 Å². The topological polar surface area (TPSA) is 75.7 Å². The lowest BCUT2D eigenvalue weighted by Crippen LogP contribution is -2.58. The molecule has 0 unspecified atom stereocenters. The molecule has 0 aliphatic carbocycles. The molecular formula is C22H23F3N2O4S. The van der Waals surface area contributed by atoms with Crippen LogP contribution in [0.2, 0.25) is 0 Å². The lowest BCUT2D eigenvalue weighted by Gasteiger charge is -2.42. The summed E-state index contributed by atoms with van der Waals surface area (Å²) < 4.78 is 73.1. The van der Waals surface area contributed by atoms with Crippen LogP contribution < -0.4 is 9.46 Å². The summed E-state index contributed by atoms with van der Waals surface area (Å²) in [7, 11) is -4.88. The highest BCUT2D eigenvalue weighted by atomic mass is 32.2. The largest absolute Gasteiger partial charge is 0.492 e. The summed E-state index contributed by atoms with van der Waals surface area (Å²) in [6.07, 6.45) is 0.715. The molecular weight excluding hydrogens is 445 g/mol. The number of carbonyl (C=O) groups excluding carboxylic acids is 1. The van der Waals surface area contributed by atoms with Crippen molar-refractivity contribution in [2.75, 3.05) is 13.2 Å². The van der Waals surface area contributed by atoms with Crippen molar-refractivity contribution < 1.29 is 31.1 Å². The standard InChI is InChI=1S/C22H23F3N2O4S/c23-21-14-5-3-7-16(21)15-6-1-2-9-19(15)31-12-10-20(28)27-11-4-8-17(18(27)13-14)26-32(29,30)22(24)25/h1-3,5-7,9,17-18,22,26H,4,8,10-13H2/t17-,18-/m0/s1. The summed E-state index contributed by atoms with van der Waals surface area (Å²) in [6.45, 7) is 0.377. The summed E-state index contributed by atoms with van der Waals surface area (Å²) in [5.41, 5.74) is 1.12. The molecule has 32 heavy (non-hydrogen) atoms. The molecule has 0 saturated carbocycles. The number of rotatable bonds is 3. The van der Waals surface area contributed by atoms with Crippen molar-refractivity contribution in [3.05, 3.63) is 53.8 Å². The normalized spacial score (nSPS) is 21.8. The highest BCUT2D eigenvalue weighted by Crippen LogP contribution is 2.35. The number of nitrogens with one attached hydrogen (secondary N) is 1. The van der Waals surface area contributed by atoms with Gasteiger partial charge >= 0.3 is 5.76 Å². The molecule has 0 radical (unpaired) electrons. The van der Waals surface area contributed by atoms with Gasteiger partial charge in [-0.05, 0) is 30.9 Å². The van der Waals surface area contributed by atoms with E-state index in [1.54, 1.807) is 42.5 Å². The predicted molar refractivity (Wildman–Crippen MR) is 112 cm³/mol.